The molecule has 1 heterocycles. The molecule has 0 spiro atoms. The lowest BCUT2D eigenvalue weighted by Gasteiger charge is -2.15. The van der Waals surface area contributed by atoms with Crippen molar-refractivity contribution >= 4 is 5.91 Å². The maximum atomic E-state index is 11.9. The molecule has 0 aliphatic carbocycles. The first-order chi connectivity index (χ1) is 9.65. The third-order valence-corrected chi connectivity index (χ3v) is 3.47. The van der Waals surface area contributed by atoms with Gasteiger partial charge in [0, 0.05) is 18.7 Å². The Morgan fingerprint density at radius 3 is 2.70 bits per heavy atom. The van der Waals surface area contributed by atoms with Crippen LogP contribution in [-0.4, -0.2) is 32.8 Å². The lowest BCUT2D eigenvalue weighted by atomic mass is 10.1. The average Bonchev–Trinajstić information content (AvgIpc) is 2.99. The molecule has 1 aliphatic rings. The Bertz CT molecular complexity index is 481. The lowest BCUT2D eigenvalue weighted by molar-refractivity contribution is -0.130. The van der Waals surface area contributed by atoms with E-state index in [9.17, 15) is 4.79 Å². The van der Waals surface area contributed by atoms with E-state index in [2.05, 4.69) is 5.32 Å². The molecule has 1 unspecified atom stereocenters. The molecule has 1 aliphatic heterocycles. The maximum Gasteiger partial charge on any atom is 0.249 e. The van der Waals surface area contributed by atoms with Crippen LogP contribution in [0.15, 0.2) is 12.1 Å². The Hall–Kier alpha value is -1.75. The molecule has 1 aromatic carbocycles. The van der Waals surface area contributed by atoms with Crippen molar-refractivity contribution in [3.63, 3.8) is 0 Å². The van der Waals surface area contributed by atoms with Crippen molar-refractivity contribution in [3.8, 4) is 11.5 Å². The highest BCUT2D eigenvalue weighted by Crippen LogP contribution is 2.28. The fraction of sp³-hybridized carbons (Fsp3) is 0.533. The molecule has 1 fully saturated rings. The summed E-state index contributed by atoms with van der Waals surface area (Å²) in [6, 6.07) is 3.80. The molecule has 1 amide bonds. The number of nitrogens with one attached hydrogen (secondary N) is 1. The van der Waals surface area contributed by atoms with E-state index in [4.69, 9.17) is 14.2 Å². The van der Waals surface area contributed by atoms with Gasteiger partial charge < -0.3 is 19.5 Å². The minimum atomic E-state index is -0.312. The van der Waals surface area contributed by atoms with Crippen LogP contribution < -0.4 is 14.8 Å². The van der Waals surface area contributed by atoms with Gasteiger partial charge in [-0.1, -0.05) is 0 Å². The fourth-order valence-electron chi connectivity index (χ4n) is 2.33. The van der Waals surface area contributed by atoms with E-state index in [1.165, 1.54) is 0 Å². The van der Waals surface area contributed by atoms with Crippen LogP contribution in [0.1, 0.15) is 24.0 Å². The lowest BCUT2D eigenvalue weighted by Crippen LogP contribution is -2.33. The van der Waals surface area contributed by atoms with E-state index in [0.29, 0.717) is 13.2 Å². The second-order valence-corrected chi connectivity index (χ2v) is 4.85. The standard InChI is InChI=1S/C15H21NO4/c1-10-7-14(19-3)11(8-13(10)18-2)9-16-15(17)12-5-4-6-20-12/h7-8,12H,4-6,9H2,1-3H3,(H,16,17). The molecule has 110 valence electrons. The molecule has 1 saturated heterocycles. The van der Waals surface area contributed by atoms with Crippen LogP contribution in [0.5, 0.6) is 11.5 Å². The van der Waals surface area contributed by atoms with Gasteiger partial charge in [-0.05, 0) is 37.5 Å². The Labute approximate surface area is 119 Å². The van der Waals surface area contributed by atoms with E-state index in [1.54, 1.807) is 14.2 Å². The third kappa shape index (κ3) is 3.22. The first kappa shape index (κ1) is 14.7. The average molecular weight is 279 g/mol. The summed E-state index contributed by atoms with van der Waals surface area (Å²) >= 11 is 0. The smallest absolute Gasteiger partial charge is 0.249 e. The molecule has 1 N–H and O–H groups in total. The first-order valence-electron chi connectivity index (χ1n) is 6.76. The molecule has 0 bridgehead atoms. The Balaban J connectivity index is 2.05. The van der Waals surface area contributed by atoms with Crippen LogP contribution in [0.2, 0.25) is 0 Å². The van der Waals surface area contributed by atoms with Gasteiger partial charge >= 0.3 is 0 Å². The quantitative estimate of drug-likeness (QED) is 0.893. The van der Waals surface area contributed by atoms with E-state index in [-0.39, 0.29) is 12.0 Å². The molecule has 1 atom stereocenters. The summed E-state index contributed by atoms with van der Waals surface area (Å²) in [5, 5.41) is 2.89. The van der Waals surface area contributed by atoms with Gasteiger partial charge in [-0.15, -0.1) is 0 Å². The first-order valence-corrected chi connectivity index (χ1v) is 6.76. The van der Waals surface area contributed by atoms with Crippen molar-refractivity contribution in [1.29, 1.82) is 0 Å². The number of methoxy groups -OCH3 is 2. The SMILES string of the molecule is COc1cc(CNC(=O)C2CCCO2)c(OC)cc1C. The van der Waals surface area contributed by atoms with Gasteiger partial charge in [0.05, 0.1) is 14.2 Å². The Morgan fingerprint density at radius 1 is 1.35 bits per heavy atom. The molecule has 0 saturated carbocycles. The van der Waals surface area contributed by atoms with Crippen molar-refractivity contribution < 1.29 is 19.0 Å². The van der Waals surface area contributed by atoms with Crippen LogP contribution in [0.25, 0.3) is 0 Å². The van der Waals surface area contributed by atoms with Crippen LogP contribution in [0.3, 0.4) is 0 Å². The number of amides is 1. The Kier molecular flexibility index (Phi) is 4.84. The summed E-state index contributed by atoms with van der Waals surface area (Å²) in [6.07, 6.45) is 1.42. The summed E-state index contributed by atoms with van der Waals surface area (Å²) < 4.78 is 16.0. The number of aryl methyl sites for hydroxylation is 1. The number of hydrogen-bond donors (Lipinski definition) is 1. The van der Waals surface area contributed by atoms with Gasteiger partial charge in [0.2, 0.25) is 5.91 Å². The van der Waals surface area contributed by atoms with Gasteiger partial charge in [-0.2, -0.15) is 0 Å². The van der Waals surface area contributed by atoms with Gasteiger partial charge in [0.1, 0.15) is 17.6 Å². The molecule has 0 aromatic heterocycles. The number of hydrogen-bond acceptors (Lipinski definition) is 4. The highest BCUT2D eigenvalue weighted by Gasteiger charge is 2.23. The van der Waals surface area contributed by atoms with Crippen molar-refractivity contribution in [3.05, 3.63) is 23.3 Å². The minimum Gasteiger partial charge on any atom is -0.496 e. The van der Waals surface area contributed by atoms with Gasteiger partial charge in [-0.3, -0.25) is 4.79 Å². The van der Waals surface area contributed by atoms with E-state index >= 15 is 0 Å². The zero-order valence-electron chi connectivity index (χ0n) is 12.2. The van der Waals surface area contributed by atoms with E-state index < -0.39 is 0 Å². The second kappa shape index (κ2) is 6.61. The predicted octanol–water partition coefficient (Wildman–Crippen LogP) is 1.81. The number of carbonyl (C=O) groups excluding carboxylic acids is 1. The van der Waals surface area contributed by atoms with Crippen molar-refractivity contribution in [2.45, 2.75) is 32.4 Å². The summed E-state index contributed by atoms with van der Waals surface area (Å²) in [4.78, 5) is 11.9. The highest BCUT2D eigenvalue weighted by molar-refractivity contribution is 5.81. The van der Waals surface area contributed by atoms with Crippen LogP contribution in [0, 0.1) is 6.92 Å². The van der Waals surface area contributed by atoms with Gasteiger partial charge in [-0.25, -0.2) is 0 Å². The molecular weight excluding hydrogens is 258 g/mol. The molecule has 1 aromatic rings. The van der Waals surface area contributed by atoms with Crippen LogP contribution >= 0.6 is 0 Å². The van der Waals surface area contributed by atoms with Gasteiger partial charge in [0.25, 0.3) is 0 Å². The van der Waals surface area contributed by atoms with Crippen molar-refractivity contribution in [1.82, 2.24) is 5.32 Å². The predicted molar refractivity (Wildman–Crippen MR) is 75.1 cm³/mol. The number of benzene rings is 1. The monoisotopic (exact) mass is 279 g/mol. The molecule has 5 nitrogen and oxygen atoms in total. The number of ether oxygens (including phenoxy) is 3. The molecule has 20 heavy (non-hydrogen) atoms. The summed E-state index contributed by atoms with van der Waals surface area (Å²) in [7, 11) is 3.25. The summed E-state index contributed by atoms with van der Waals surface area (Å²) in [5.41, 5.74) is 1.89. The molecule has 0 radical (unpaired) electrons. The van der Waals surface area contributed by atoms with E-state index in [0.717, 1.165) is 35.5 Å². The summed E-state index contributed by atoms with van der Waals surface area (Å²) in [6.45, 7) is 3.02. The zero-order chi connectivity index (χ0) is 14.5. The van der Waals surface area contributed by atoms with Crippen molar-refractivity contribution in [2.75, 3.05) is 20.8 Å². The highest BCUT2D eigenvalue weighted by atomic mass is 16.5. The normalized spacial score (nSPS) is 17.9. The maximum absolute atomic E-state index is 11.9. The van der Waals surface area contributed by atoms with Gasteiger partial charge in [0.15, 0.2) is 0 Å². The molecular formula is C15H21NO4. The number of carbonyl (C=O) groups is 1. The largest absolute Gasteiger partial charge is 0.496 e. The minimum absolute atomic E-state index is 0.0657. The third-order valence-electron chi connectivity index (χ3n) is 3.47. The number of rotatable bonds is 5. The topological polar surface area (TPSA) is 56.8 Å². The van der Waals surface area contributed by atoms with E-state index in [1.807, 2.05) is 19.1 Å². The van der Waals surface area contributed by atoms with Crippen molar-refractivity contribution in [2.24, 2.45) is 0 Å². The Morgan fingerprint density at radius 2 is 2.10 bits per heavy atom. The molecule has 2 rings (SSSR count). The fourth-order valence-corrected chi connectivity index (χ4v) is 2.33. The molecule has 5 heteroatoms. The zero-order valence-corrected chi connectivity index (χ0v) is 12.2. The summed E-state index contributed by atoms with van der Waals surface area (Å²) in [5.74, 6) is 1.47. The van der Waals surface area contributed by atoms with Crippen LogP contribution in [-0.2, 0) is 16.1 Å². The second-order valence-electron chi connectivity index (χ2n) is 4.85. The van der Waals surface area contributed by atoms with Crippen LogP contribution in [0.4, 0.5) is 0 Å².